The van der Waals surface area contributed by atoms with Crippen LogP contribution >= 0.6 is 0 Å². The first-order valence-electron chi connectivity index (χ1n) is 5.82. The molecule has 20 heavy (non-hydrogen) atoms. The number of phenols is 2. The maximum atomic E-state index is 11.8. The average Bonchev–Trinajstić information content (AvgIpc) is 2.34. The summed E-state index contributed by atoms with van der Waals surface area (Å²) in [4.78, 5) is 4.39. The monoisotopic (exact) mass is 289 g/mol. The summed E-state index contributed by atoms with van der Waals surface area (Å²) in [6, 6.07) is 9.09. The molecule has 1 aromatic heterocycles. The van der Waals surface area contributed by atoms with E-state index in [2.05, 4.69) is 4.98 Å². The first kappa shape index (κ1) is 12.7. The fraction of sp³-hybridized carbons (Fsp3) is 0.0714. The number of sulfone groups is 1. The fourth-order valence-corrected chi connectivity index (χ4v) is 3.04. The summed E-state index contributed by atoms with van der Waals surface area (Å²) >= 11 is 0. The van der Waals surface area contributed by atoms with E-state index >= 15 is 0 Å². The number of aromatic nitrogens is 1. The second-order valence-electron chi connectivity index (χ2n) is 4.62. The molecule has 0 aliphatic carbocycles. The highest BCUT2D eigenvalue weighted by Gasteiger charge is 2.14. The van der Waals surface area contributed by atoms with Gasteiger partial charge in [-0.1, -0.05) is 12.1 Å². The Labute approximate surface area is 115 Å². The van der Waals surface area contributed by atoms with Gasteiger partial charge in [-0.25, -0.2) is 13.4 Å². The van der Waals surface area contributed by atoms with Crippen molar-refractivity contribution < 1.29 is 18.6 Å². The van der Waals surface area contributed by atoms with E-state index in [0.717, 1.165) is 6.26 Å². The van der Waals surface area contributed by atoms with Gasteiger partial charge in [0.15, 0.2) is 9.84 Å². The minimum Gasteiger partial charge on any atom is -0.508 e. The van der Waals surface area contributed by atoms with Crippen LogP contribution in [0.2, 0.25) is 0 Å². The predicted molar refractivity (Wildman–Crippen MR) is 75.7 cm³/mol. The van der Waals surface area contributed by atoms with E-state index in [0.29, 0.717) is 21.8 Å². The molecule has 0 spiro atoms. The summed E-state index contributed by atoms with van der Waals surface area (Å²) in [6.45, 7) is 0. The molecule has 0 unspecified atom stereocenters. The molecule has 0 fully saturated rings. The van der Waals surface area contributed by atoms with Crippen molar-refractivity contribution in [3.8, 4) is 11.5 Å². The third kappa shape index (κ3) is 1.94. The molecule has 0 radical (unpaired) electrons. The van der Waals surface area contributed by atoms with Crippen molar-refractivity contribution in [2.75, 3.05) is 6.26 Å². The first-order valence-corrected chi connectivity index (χ1v) is 7.71. The average molecular weight is 289 g/mol. The third-order valence-corrected chi connectivity index (χ3v) is 4.21. The quantitative estimate of drug-likeness (QED) is 0.671. The highest BCUT2D eigenvalue weighted by molar-refractivity contribution is 7.91. The van der Waals surface area contributed by atoms with Crippen LogP contribution in [-0.2, 0) is 9.84 Å². The van der Waals surface area contributed by atoms with Gasteiger partial charge < -0.3 is 10.2 Å². The molecule has 0 amide bonds. The zero-order valence-electron chi connectivity index (χ0n) is 10.5. The molecule has 0 saturated carbocycles. The summed E-state index contributed by atoms with van der Waals surface area (Å²) in [7, 11) is -3.41. The lowest BCUT2D eigenvalue weighted by Gasteiger charge is -2.07. The summed E-state index contributed by atoms with van der Waals surface area (Å²) in [5, 5.41) is 20.4. The molecule has 1 heterocycles. The van der Waals surface area contributed by atoms with E-state index in [1.807, 2.05) is 0 Å². The van der Waals surface area contributed by atoms with E-state index in [1.165, 1.54) is 18.2 Å². The van der Waals surface area contributed by atoms with E-state index in [-0.39, 0.29) is 16.4 Å². The highest BCUT2D eigenvalue weighted by atomic mass is 32.2. The minimum absolute atomic E-state index is 0.0980. The Morgan fingerprint density at radius 1 is 1.10 bits per heavy atom. The molecule has 0 bridgehead atoms. The lowest BCUT2D eigenvalue weighted by molar-refractivity contribution is 0.455. The SMILES string of the molecule is CS(=O)(=O)c1cccc2cc3c(O)cc(O)cc3nc12. The molecule has 5 nitrogen and oxygen atoms in total. The second-order valence-corrected chi connectivity index (χ2v) is 6.60. The molecule has 3 aromatic rings. The van der Waals surface area contributed by atoms with Gasteiger partial charge in [-0.3, -0.25) is 0 Å². The van der Waals surface area contributed by atoms with Gasteiger partial charge >= 0.3 is 0 Å². The third-order valence-electron chi connectivity index (χ3n) is 3.08. The molecule has 3 rings (SSSR count). The Morgan fingerprint density at radius 3 is 2.55 bits per heavy atom. The van der Waals surface area contributed by atoms with Crippen LogP contribution in [0.3, 0.4) is 0 Å². The van der Waals surface area contributed by atoms with Crippen molar-refractivity contribution in [1.29, 1.82) is 0 Å². The van der Waals surface area contributed by atoms with Crippen molar-refractivity contribution in [3.05, 3.63) is 36.4 Å². The van der Waals surface area contributed by atoms with Crippen LogP contribution < -0.4 is 0 Å². The summed E-state index contributed by atoms with van der Waals surface area (Å²) in [5.41, 5.74) is 0.665. The molecular formula is C14H11NO4S. The van der Waals surface area contributed by atoms with Gasteiger partial charge in [-0.2, -0.15) is 0 Å². The Kier molecular flexibility index (Phi) is 2.58. The molecule has 0 saturated heterocycles. The normalized spacial score (nSPS) is 12.1. The Bertz CT molecular complexity index is 948. The van der Waals surface area contributed by atoms with E-state index in [4.69, 9.17) is 0 Å². The maximum absolute atomic E-state index is 11.8. The van der Waals surface area contributed by atoms with Gasteiger partial charge in [0.25, 0.3) is 0 Å². The highest BCUT2D eigenvalue weighted by Crippen LogP contribution is 2.32. The van der Waals surface area contributed by atoms with Gasteiger partial charge in [0.05, 0.1) is 15.9 Å². The standard InChI is InChI=1S/C14H11NO4S/c1-20(18,19)13-4-2-3-8-5-10-11(15-14(8)13)6-9(16)7-12(10)17/h2-7,16-17H,1H3. The van der Waals surface area contributed by atoms with Crippen molar-refractivity contribution in [3.63, 3.8) is 0 Å². The van der Waals surface area contributed by atoms with Crippen LogP contribution in [0.5, 0.6) is 11.5 Å². The lowest BCUT2D eigenvalue weighted by atomic mass is 10.1. The number of fused-ring (bicyclic) bond motifs is 2. The number of nitrogens with zero attached hydrogens (tertiary/aromatic N) is 1. The minimum atomic E-state index is -3.41. The van der Waals surface area contributed by atoms with Crippen LogP contribution in [0.15, 0.2) is 41.3 Å². The van der Waals surface area contributed by atoms with Gasteiger partial charge in [0.1, 0.15) is 11.5 Å². The molecule has 0 aliphatic rings. The summed E-state index contributed by atoms with van der Waals surface area (Å²) in [5.74, 6) is -0.224. The van der Waals surface area contributed by atoms with Crippen molar-refractivity contribution in [2.45, 2.75) is 4.90 Å². The molecule has 6 heteroatoms. The van der Waals surface area contributed by atoms with Crippen molar-refractivity contribution >= 4 is 31.6 Å². The van der Waals surface area contributed by atoms with Crippen LogP contribution in [0.1, 0.15) is 0 Å². The largest absolute Gasteiger partial charge is 0.508 e. The van der Waals surface area contributed by atoms with Crippen LogP contribution in [0, 0.1) is 0 Å². The maximum Gasteiger partial charge on any atom is 0.177 e. The second kappa shape index (κ2) is 4.08. The van der Waals surface area contributed by atoms with Gasteiger partial charge in [0, 0.05) is 29.2 Å². The fourth-order valence-electron chi connectivity index (χ4n) is 2.20. The first-order chi connectivity index (χ1) is 9.36. The molecule has 2 aromatic carbocycles. The topological polar surface area (TPSA) is 87.5 Å². The molecule has 2 N–H and O–H groups in total. The molecule has 0 atom stereocenters. The van der Waals surface area contributed by atoms with Gasteiger partial charge in [-0.05, 0) is 12.1 Å². The number of hydrogen-bond acceptors (Lipinski definition) is 5. The number of aromatic hydroxyl groups is 2. The Morgan fingerprint density at radius 2 is 1.85 bits per heavy atom. The van der Waals surface area contributed by atoms with Crippen molar-refractivity contribution in [2.24, 2.45) is 0 Å². The van der Waals surface area contributed by atoms with Crippen molar-refractivity contribution in [1.82, 2.24) is 4.98 Å². The van der Waals surface area contributed by atoms with E-state index in [9.17, 15) is 18.6 Å². The molecule has 0 aliphatic heterocycles. The Hall–Kier alpha value is -2.34. The van der Waals surface area contributed by atoms with Crippen LogP contribution in [0.25, 0.3) is 21.8 Å². The van der Waals surface area contributed by atoms with Crippen LogP contribution in [-0.4, -0.2) is 29.9 Å². The lowest BCUT2D eigenvalue weighted by Crippen LogP contribution is -1.99. The Balaban J connectivity index is 2.52. The number of hydrogen-bond donors (Lipinski definition) is 2. The van der Waals surface area contributed by atoms with E-state index < -0.39 is 9.84 Å². The summed E-state index contributed by atoms with van der Waals surface area (Å²) < 4.78 is 23.6. The summed E-state index contributed by atoms with van der Waals surface area (Å²) in [6.07, 6.45) is 1.12. The van der Waals surface area contributed by atoms with Crippen LogP contribution in [0.4, 0.5) is 0 Å². The number of para-hydroxylation sites is 1. The molecule has 102 valence electrons. The zero-order valence-corrected chi connectivity index (χ0v) is 11.3. The van der Waals surface area contributed by atoms with Gasteiger partial charge in [-0.15, -0.1) is 0 Å². The van der Waals surface area contributed by atoms with E-state index in [1.54, 1.807) is 18.2 Å². The number of phenolic OH excluding ortho intramolecular Hbond substituents is 2. The number of rotatable bonds is 1. The predicted octanol–water partition coefficient (Wildman–Crippen LogP) is 2.20. The molecular weight excluding hydrogens is 278 g/mol. The van der Waals surface area contributed by atoms with Gasteiger partial charge in [0.2, 0.25) is 0 Å². The zero-order chi connectivity index (χ0) is 14.5. The number of pyridine rings is 1. The number of benzene rings is 2. The smallest absolute Gasteiger partial charge is 0.177 e.